The van der Waals surface area contributed by atoms with Crippen molar-refractivity contribution in [3.05, 3.63) is 23.5 Å². The lowest BCUT2D eigenvalue weighted by Gasteiger charge is -2.31. The number of aromatic nitrogens is 2. The van der Waals surface area contributed by atoms with Crippen molar-refractivity contribution >= 4 is 22.1 Å². The van der Waals surface area contributed by atoms with Crippen molar-refractivity contribution in [2.75, 3.05) is 0 Å². The second-order valence-corrected chi connectivity index (χ2v) is 6.01. The summed E-state index contributed by atoms with van der Waals surface area (Å²) in [6.07, 6.45) is 9.25. The lowest BCUT2D eigenvalue weighted by atomic mass is 9.78. The standard InChI is InChI=1S/C13H17N3OS/c14-13(4-2-1-3-5-13)11(17)8-10-9-16-6-7-18-12(16)15-10/h6-7,9H,1-5,8,14H2. The maximum Gasteiger partial charge on any atom is 0.193 e. The van der Waals surface area contributed by atoms with Gasteiger partial charge >= 0.3 is 0 Å². The van der Waals surface area contributed by atoms with Crippen LogP contribution >= 0.6 is 11.3 Å². The van der Waals surface area contributed by atoms with Crippen molar-refractivity contribution < 1.29 is 4.79 Å². The normalized spacial score (nSPS) is 19.2. The average molecular weight is 263 g/mol. The zero-order valence-electron chi connectivity index (χ0n) is 10.3. The number of nitrogens with two attached hydrogens (primary N) is 1. The Morgan fingerprint density at radius 1 is 1.44 bits per heavy atom. The predicted molar refractivity (Wildman–Crippen MR) is 71.8 cm³/mol. The molecule has 0 aliphatic heterocycles. The molecule has 1 aliphatic rings. The number of rotatable bonds is 3. The second kappa shape index (κ2) is 4.48. The average Bonchev–Trinajstić information content (AvgIpc) is 2.90. The van der Waals surface area contributed by atoms with Crippen molar-refractivity contribution in [3.8, 4) is 0 Å². The first-order chi connectivity index (χ1) is 8.67. The highest BCUT2D eigenvalue weighted by Crippen LogP contribution is 2.27. The quantitative estimate of drug-likeness (QED) is 0.923. The molecule has 0 aromatic carbocycles. The van der Waals surface area contributed by atoms with Gasteiger partial charge in [-0.3, -0.25) is 9.20 Å². The molecule has 1 saturated carbocycles. The van der Waals surface area contributed by atoms with Crippen LogP contribution in [-0.4, -0.2) is 20.7 Å². The lowest BCUT2D eigenvalue weighted by Crippen LogP contribution is -2.50. The number of carbonyl (C=O) groups is 1. The summed E-state index contributed by atoms with van der Waals surface area (Å²) in [6.45, 7) is 0. The van der Waals surface area contributed by atoms with E-state index in [-0.39, 0.29) is 5.78 Å². The maximum atomic E-state index is 12.3. The highest BCUT2D eigenvalue weighted by Gasteiger charge is 2.35. The van der Waals surface area contributed by atoms with Crippen LogP contribution in [0.5, 0.6) is 0 Å². The van der Waals surface area contributed by atoms with Crippen LogP contribution < -0.4 is 5.73 Å². The fraction of sp³-hybridized carbons (Fsp3) is 0.538. The number of fused-ring (bicyclic) bond motifs is 1. The number of thiazole rings is 1. The summed E-state index contributed by atoms with van der Waals surface area (Å²) in [7, 11) is 0. The molecule has 0 atom stereocenters. The molecule has 0 saturated heterocycles. The summed E-state index contributed by atoms with van der Waals surface area (Å²) >= 11 is 1.58. The molecule has 3 rings (SSSR count). The van der Waals surface area contributed by atoms with Gasteiger partial charge in [-0.25, -0.2) is 4.98 Å². The Morgan fingerprint density at radius 2 is 2.22 bits per heavy atom. The molecule has 2 heterocycles. The summed E-state index contributed by atoms with van der Waals surface area (Å²) in [6, 6.07) is 0. The zero-order chi connectivity index (χ0) is 12.6. The van der Waals surface area contributed by atoms with Crippen LogP contribution in [0.3, 0.4) is 0 Å². The monoisotopic (exact) mass is 263 g/mol. The third-order valence-electron chi connectivity index (χ3n) is 3.79. The molecule has 96 valence electrons. The van der Waals surface area contributed by atoms with Crippen LogP contribution in [0, 0.1) is 0 Å². The number of ketones is 1. The summed E-state index contributed by atoms with van der Waals surface area (Å²) in [5.41, 5.74) is 6.47. The summed E-state index contributed by atoms with van der Waals surface area (Å²) < 4.78 is 1.96. The van der Waals surface area contributed by atoms with Crippen molar-refractivity contribution in [1.29, 1.82) is 0 Å². The number of nitrogens with zero attached hydrogens (tertiary/aromatic N) is 2. The van der Waals surface area contributed by atoms with Crippen LogP contribution in [0.15, 0.2) is 17.8 Å². The minimum absolute atomic E-state index is 0.146. The van der Waals surface area contributed by atoms with Gasteiger partial charge in [-0.1, -0.05) is 19.3 Å². The van der Waals surface area contributed by atoms with Crippen LogP contribution in [0.25, 0.3) is 4.96 Å². The van der Waals surface area contributed by atoms with E-state index in [2.05, 4.69) is 4.98 Å². The molecule has 2 aromatic rings. The van der Waals surface area contributed by atoms with Crippen LogP contribution in [-0.2, 0) is 11.2 Å². The molecule has 1 aliphatic carbocycles. The van der Waals surface area contributed by atoms with Gasteiger partial charge in [-0.05, 0) is 12.8 Å². The summed E-state index contributed by atoms with van der Waals surface area (Å²) in [5.74, 6) is 0.146. The minimum Gasteiger partial charge on any atom is -0.319 e. The molecule has 0 spiro atoms. The molecule has 1 fully saturated rings. The van der Waals surface area contributed by atoms with Gasteiger partial charge in [0.05, 0.1) is 17.7 Å². The van der Waals surface area contributed by atoms with E-state index in [9.17, 15) is 4.79 Å². The van der Waals surface area contributed by atoms with Crippen molar-refractivity contribution in [3.63, 3.8) is 0 Å². The van der Waals surface area contributed by atoms with Gasteiger partial charge in [0.15, 0.2) is 10.7 Å². The molecule has 18 heavy (non-hydrogen) atoms. The first-order valence-corrected chi connectivity index (χ1v) is 7.29. The van der Waals surface area contributed by atoms with Crippen molar-refractivity contribution in [2.45, 2.75) is 44.1 Å². The topological polar surface area (TPSA) is 60.4 Å². The van der Waals surface area contributed by atoms with Gasteiger partial charge in [0.1, 0.15) is 0 Å². The Hall–Kier alpha value is -1.20. The SMILES string of the molecule is NC1(C(=O)Cc2cn3ccsc3n2)CCCCC1. The highest BCUT2D eigenvalue weighted by atomic mass is 32.1. The van der Waals surface area contributed by atoms with Crippen molar-refractivity contribution in [2.24, 2.45) is 5.73 Å². The molecule has 0 radical (unpaired) electrons. The van der Waals surface area contributed by atoms with Gasteiger partial charge in [-0.15, -0.1) is 11.3 Å². The van der Waals surface area contributed by atoms with E-state index in [4.69, 9.17) is 5.73 Å². The molecule has 5 heteroatoms. The van der Waals surface area contributed by atoms with E-state index in [1.807, 2.05) is 22.2 Å². The van der Waals surface area contributed by atoms with Crippen LogP contribution in [0.2, 0.25) is 0 Å². The Morgan fingerprint density at radius 3 is 2.94 bits per heavy atom. The van der Waals surface area contributed by atoms with E-state index in [0.717, 1.165) is 36.3 Å². The first-order valence-electron chi connectivity index (χ1n) is 6.41. The molecular weight excluding hydrogens is 246 g/mol. The van der Waals surface area contributed by atoms with Crippen molar-refractivity contribution in [1.82, 2.24) is 9.38 Å². The van der Waals surface area contributed by atoms with E-state index < -0.39 is 5.54 Å². The molecular formula is C13H17N3OS. The third kappa shape index (κ3) is 2.08. The van der Waals surface area contributed by atoms with Gasteiger partial charge in [0.2, 0.25) is 0 Å². The molecule has 0 bridgehead atoms. The van der Waals surface area contributed by atoms with E-state index >= 15 is 0 Å². The molecule has 2 N–H and O–H groups in total. The van der Waals surface area contributed by atoms with E-state index in [1.54, 1.807) is 11.3 Å². The molecule has 0 amide bonds. The Labute approximate surface area is 110 Å². The molecule has 2 aromatic heterocycles. The minimum atomic E-state index is -0.602. The zero-order valence-corrected chi connectivity index (χ0v) is 11.1. The molecule has 0 unspecified atom stereocenters. The number of carbonyl (C=O) groups excluding carboxylic acids is 1. The predicted octanol–water partition coefficient (Wildman–Crippen LogP) is 2.17. The third-order valence-corrected chi connectivity index (χ3v) is 4.56. The van der Waals surface area contributed by atoms with Crippen LogP contribution in [0.4, 0.5) is 0 Å². The fourth-order valence-electron chi connectivity index (χ4n) is 2.66. The second-order valence-electron chi connectivity index (χ2n) is 5.14. The smallest absolute Gasteiger partial charge is 0.193 e. The fourth-order valence-corrected chi connectivity index (χ4v) is 3.38. The van der Waals surface area contributed by atoms with Gasteiger partial charge in [0, 0.05) is 17.8 Å². The Bertz CT molecular complexity index is 537. The Balaban J connectivity index is 1.75. The summed E-state index contributed by atoms with van der Waals surface area (Å²) in [5, 5.41) is 1.99. The van der Waals surface area contributed by atoms with Crippen LogP contribution in [0.1, 0.15) is 37.8 Å². The first kappa shape index (κ1) is 11.9. The largest absolute Gasteiger partial charge is 0.319 e. The van der Waals surface area contributed by atoms with E-state index in [1.165, 1.54) is 6.42 Å². The van der Waals surface area contributed by atoms with E-state index in [0.29, 0.717) is 6.42 Å². The number of imidazole rings is 1. The lowest BCUT2D eigenvalue weighted by molar-refractivity contribution is -0.124. The molecule has 4 nitrogen and oxygen atoms in total. The highest BCUT2D eigenvalue weighted by molar-refractivity contribution is 7.15. The van der Waals surface area contributed by atoms with Gasteiger partial charge < -0.3 is 5.73 Å². The van der Waals surface area contributed by atoms with Gasteiger partial charge in [-0.2, -0.15) is 0 Å². The number of hydrogen-bond acceptors (Lipinski definition) is 4. The maximum absolute atomic E-state index is 12.3. The number of Topliss-reactive ketones (excluding diaryl/α,β-unsaturated/α-hetero) is 1. The summed E-state index contributed by atoms with van der Waals surface area (Å²) in [4.78, 5) is 17.7. The van der Waals surface area contributed by atoms with Gasteiger partial charge in [0.25, 0.3) is 0 Å². The number of hydrogen-bond donors (Lipinski definition) is 1. The Kier molecular flexibility index (Phi) is 2.95.